The Morgan fingerprint density at radius 3 is 2.48 bits per heavy atom. The van der Waals surface area contributed by atoms with Gasteiger partial charge in [-0.25, -0.2) is 8.42 Å². The number of nitrogens with zero attached hydrogens (tertiary/aromatic N) is 1. The van der Waals surface area contributed by atoms with Crippen molar-refractivity contribution in [2.75, 3.05) is 25.0 Å². The summed E-state index contributed by atoms with van der Waals surface area (Å²) in [4.78, 5) is 12.3. The quantitative estimate of drug-likeness (QED) is 0.725. The molecular weight excluding hydrogens is 432 g/mol. The second kappa shape index (κ2) is 8.86. The van der Waals surface area contributed by atoms with E-state index in [2.05, 4.69) is 21.2 Å². The zero-order chi connectivity index (χ0) is 19.3. The second-order valence-corrected chi connectivity index (χ2v) is 9.14. The van der Waals surface area contributed by atoms with Gasteiger partial charge in [0, 0.05) is 23.2 Å². The SMILES string of the molecule is O=C(COc1ccc(Br)cc1)Nc1cccc(S(=O)(=O)N2CCCCC2)c1. The van der Waals surface area contributed by atoms with Gasteiger partial charge in [-0.15, -0.1) is 0 Å². The molecule has 0 aromatic heterocycles. The Hall–Kier alpha value is -1.90. The van der Waals surface area contributed by atoms with E-state index in [4.69, 9.17) is 4.74 Å². The van der Waals surface area contributed by atoms with E-state index in [1.54, 1.807) is 30.3 Å². The molecule has 2 aromatic carbocycles. The monoisotopic (exact) mass is 452 g/mol. The fourth-order valence-corrected chi connectivity index (χ4v) is 4.69. The van der Waals surface area contributed by atoms with Gasteiger partial charge in [-0.05, 0) is 55.3 Å². The molecule has 1 aliphatic rings. The molecule has 1 fully saturated rings. The van der Waals surface area contributed by atoms with Crippen LogP contribution >= 0.6 is 15.9 Å². The molecule has 0 saturated carbocycles. The zero-order valence-corrected chi connectivity index (χ0v) is 17.1. The smallest absolute Gasteiger partial charge is 0.262 e. The summed E-state index contributed by atoms with van der Waals surface area (Å²) >= 11 is 3.33. The van der Waals surface area contributed by atoms with Crippen LogP contribution in [0.1, 0.15) is 19.3 Å². The average Bonchev–Trinajstić information content (AvgIpc) is 2.68. The minimum Gasteiger partial charge on any atom is -0.484 e. The number of sulfonamides is 1. The van der Waals surface area contributed by atoms with Crippen molar-refractivity contribution in [2.24, 2.45) is 0 Å². The van der Waals surface area contributed by atoms with Crippen molar-refractivity contribution in [1.82, 2.24) is 4.31 Å². The van der Waals surface area contributed by atoms with Crippen molar-refractivity contribution in [3.63, 3.8) is 0 Å². The van der Waals surface area contributed by atoms with Gasteiger partial charge >= 0.3 is 0 Å². The van der Waals surface area contributed by atoms with E-state index in [0.717, 1.165) is 23.7 Å². The van der Waals surface area contributed by atoms with Gasteiger partial charge in [0.25, 0.3) is 5.91 Å². The van der Waals surface area contributed by atoms with Gasteiger partial charge < -0.3 is 10.1 Å². The Bertz CT molecular complexity index is 894. The maximum atomic E-state index is 12.7. The molecule has 2 aromatic rings. The Balaban J connectivity index is 1.63. The highest BCUT2D eigenvalue weighted by Gasteiger charge is 2.26. The second-order valence-electron chi connectivity index (χ2n) is 6.28. The van der Waals surface area contributed by atoms with Gasteiger partial charge in [-0.2, -0.15) is 4.31 Å². The van der Waals surface area contributed by atoms with E-state index in [0.29, 0.717) is 24.5 Å². The molecule has 0 spiro atoms. The first-order chi connectivity index (χ1) is 12.9. The summed E-state index contributed by atoms with van der Waals surface area (Å²) in [5.74, 6) is 0.222. The number of halogens is 1. The van der Waals surface area contributed by atoms with Gasteiger partial charge in [0.15, 0.2) is 6.61 Å². The Kier molecular flexibility index (Phi) is 6.51. The maximum Gasteiger partial charge on any atom is 0.262 e. The number of ether oxygens (including phenoxy) is 1. The standard InChI is InChI=1S/C19H21BrN2O4S/c20-15-7-9-17(10-8-15)26-14-19(23)21-16-5-4-6-18(13-16)27(24,25)22-11-2-1-3-12-22/h4-10,13H,1-3,11-12,14H2,(H,21,23). The van der Waals surface area contributed by atoms with Gasteiger partial charge in [-0.3, -0.25) is 4.79 Å². The summed E-state index contributed by atoms with van der Waals surface area (Å²) in [6.45, 7) is 0.921. The molecule has 8 heteroatoms. The number of piperidine rings is 1. The molecule has 0 bridgehead atoms. The van der Waals surface area contributed by atoms with Crippen molar-refractivity contribution in [1.29, 1.82) is 0 Å². The Labute approximate surface area is 167 Å². The van der Waals surface area contributed by atoms with Crippen molar-refractivity contribution in [3.05, 3.63) is 53.0 Å². The van der Waals surface area contributed by atoms with Crippen LogP contribution in [0.2, 0.25) is 0 Å². The molecule has 1 saturated heterocycles. The minimum atomic E-state index is -3.53. The molecule has 1 aliphatic heterocycles. The molecule has 1 heterocycles. The third kappa shape index (κ3) is 5.31. The van der Waals surface area contributed by atoms with Crippen LogP contribution in [-0.4, -0.2) is 38.3 Å². The molecule has 1 N–H and O–H groups in total. The topological polar surface area (TPSA) is 75.7 Å². The van der Waals surface area contributed by atoms with Crippen LogP contribution in [-0.2, 0) is 14.8 Å². The van der Waals surface area contributed by atoms with E-state index in [-0.39, 0.29) is 17.4 Å². The van der Waals surface area contributed by atoms with Crippen LogP contribution in [0.3, 0.4) is 0 Å². The number of carbonyl (C=O) groups is 1. The van der Waals surface area contributed by atoms with Crippen molar-refractivity contribution < 1.29 is 17.9 Å². The van der Waals surface area contributed by atoms with Crippen molar-refractivity contribution in [2.45, 2.75) is 24.2 Å². The van der Waals surface area contributed by atoms with Gasteiger partial charge in [0.2, 0.25) is 10.0 Å². The first-order valence-corrected chi connectivity index (χ1v) is 11.0. The van der Waals surface area contributed by atoms with E-state index >= 15 is 0 Å². The fraction of sp³-hybridized carbons (Fsp3) is 0.316. The molecule has 144 valence electrons. The normalized spacial score (nSPS) is 15.3. The lowest BCUT2D eigenvalue weighted by Gasteiger charge is -2.26. The fourth-order valence-electron chi connectivity index (χ4n) is 2.87. The van der Waals surface area contributed by atoms with Gasteiger partial charge in [-0.1, -0.05) is 28.4 Å². The Morgan fingerprint density at radius 2 is 1.78 bits per heavy atom. The minimum absolute atomic E-state index is 0.162. The predicted molar refractivity (Wildman–Crippen MR) is 107 cm³/mol. The number of amides is 1. The van der Waals surface area contributed by atoms with Crippen LogP contribution in [0.15, 0.2) is 57.9 Å². The average molecular weight is 453 g/mol. The summed E-state index contributed by atoms with van der Waals surface area (Å²) in [6.07, 6.45) is 2.81. The third-order valence-electron chi connectivity index (χ3n) is 4.25. The molecule has 0 aliphatic carbocycles. The van der Waals surface area contributed by atoms with Crippen LogP contribution in [0.5, 0.6) is 5.75 Å². The predicted octanol–water partition coefficient (Wildman–Crippen LogP) is 3.64. The van der Waals surface area contributed by atoms with Crippen LogP contribution in [0, 0.1) is 0 Å². The van der Waals surface area contributed by atoms with Crippen LogP contribution in [0.25, 0.3) is 0 Å². The third-order valence-corrected chi connectivity index (χ3v) is 6.68. The molecule has 27 heavy (non-hydrogen) atoms. The van der Waals surface area contributed by atoms with Gasteiger partial charge in [0.1, 0.15) is 5.75 Å². The van der Waals surface area contributed by atoms with E-state index < -0.39 is 10.0 Å². The number of nitrogens with one attached hydrogen (secondary N) is 1. The maximum absolute atomic E-state index is 12.7. The number of hydrogen-bond donors (Lipinski definition) is 1. The number of carbonyl (C=O) groups excluding carboxylic acids is 1. The summed E-state index contributed by atoms with van der Waals surface area (Å²) in [6, 6.07) is 13.5. The molecule has 3 rings (SSSR count). The van der Waals surface area contributed by atoms with Gasteiger partial charge in [0.05, 0.1) is 4.90 Å². The number of benzene rings is 2. The highest BCUT2D eigenvalue weighted by molar-refractivity contribution is 9.10. The van der Waals surface area contributed by atoms with E-state index in [9.17, 15) is 13.2 Å². The highest BCUT2D eigenvalue weighted by atomic mass is 79.9. The largest absolute Gasteiger partial charge is 0.484 e. The number of rotatable bonds is 6. The number of hydrogen-bond acceptors (Lipinski definition) is 4. The Morgan fingerprint density at radius 1 is 1.07 bits per heavy atom. The van der Waals surface area contributed by atoms with E-state index in [1.165, 1.54) is 10.4 Å². The highest BCUT2D eigenvalue weighted by Crippen LogP contribution is 2.23. The van der Waals surface area contributed by atoms with Crippen LogP contribution in [0.4, 0.5) is 5.69 Å². The lowest BCUT2D eigenvalue weighted by molar-refractivity contribution is -0.118. The number of anilines is 1. The lowest BCUT2D eigenvalue weighted by atomic mass is 10.2. The summed E-state index contributed by atoms with van der Waals surface area (Å²) in [5, 5.41) is 2.68. The molecule has 6 nitrogen and oxygen atoms in total. The first-order valence-electron chi connectivity index (χ1n) is 8.73. The summed E-state index contributed by atoms with van der Waals surface area (Å²) in [5.41, 5.74) is 0.428. The first kappa shape index (κ1) is 19.9. The molecule has 1 amide bonds. The molecule has 0 atom stereocenters. The van der Waals surface area contributed by atoms with Crippen molar-refractivity contribution >= 4 is 37.5 Å². The van der Waals surface area contributed by atoms with Crippen molar-refractivity contribution in [3.8, 4) is 5.75 Å². The zero-order valence-electron chi connectivity index (χ0n) is 14.7. The summed E-state index contributed by atoms with van der Waals surface area (Å²) < 4.78 is 33.4. The molecule has 0 unspecified atom stereocenters. The van der Waals surface area contributed by atoms with E-state index in [1.807, 2.05) is 12.1 Å². The molecular formula is C19H21BrN2O4S. The summed E-state index contributed by atoms with van der Waals surface area (Å²) in [7, 11) is -3.53. The molecule has 0 radical (unpaired) electrons. The lowest BCUT2D eigenvalue weighted by Crippen LogP contribution is -2.35. The van der Waals surface area contributed by atoms with Crippen LogP contribution < -0.4 is 10.1 Å².